The molecule has 30 heavy (non-hydrogen) atoms. The van der Waals surface area contributed by atoms with Crippen molar-refractivity contribution in [3.05, 3.63) is 29.8 Å². The molecule has 3 rings (SSSR count). The maximum Gasteiger partial charge on any atom is 0.514 e. The molecule has 2 fully saturated rings. The van der Waals surface area contributed by atoms with Crippen molar-refractivity contribution in [3.8, 4) is 5.75 Å². The van der Waals surface area contributed by atoms with Crippen molar-refractivity contribution in [1.82, 2.24) is 0 Å². The first-order valence-electron chi connectivity index (χ1n) is 12.6. The van der Waals surface area contributed by atoms with Gasteiger partial charge in [-0.2, -0.15) is 0 Å². The molecule has 2 aliphatic rings. The third kappa shape index (κ3) is 7.32. The van der Waals surface area contributed by atoms with Gasteiger partial charge in [-0.1, -0.05) is 64.5 Å². The van der Waals surface area contributed by atoms with Crippen LogP contribution in [0, 0.1) is 17.8 Å². The van der Waals surface area contributed by atoms with Gasteiger partial charge in [0.15, 0.2) is 0 Å². The molecule has 3 heteroatoms. The first kappa shape index (κ1) is 23.2. The molecule has 1 aromatic carbocycles. The molecule has 0 aliphatic heterocycles. The maximum absolute atomic E-state index is 12.2. The topological polar surface area (TPSA) is 35.5 Å². The Kier molecular flexibility index (Phi) is 9.55. The van der Waals surface area contributed by atoms with E-state index in [0.717, 1.165) is 37.0 Å². The van der Waals surface area contributed by atoms with Crippen LogP contribution in [-0.4, -0.2) is 12.3 Å². The van der Waals surface area contributed by atoms with Crippen molar-refractivity contribution in [3.63, 3.8) is 0 Å². The van der Waals surface area contributed by atoms with Gasteiger partial charge < -0.3 is 9.47 Å². The fourth-order valence-electron chi connectivity index (χ4n) is 5.59. The van der Waals surface area contributed by atoms with Gasteiger partial charge in [0, 0.05) is 0 Å². The van der Waals surface area contributed by atoms with Gasteiger partial charge >= 0.3 is 6.16 Å². The molecule has 1 aromatic rings. The molecule has 0 aromatic heterocycles. The summed E-state index contributed by atoms with van der Waals surface area (Å²) in [6.07, 6.45) is 17.1. The van der Waals surface area contributed by atoms with Gasteiger partial charge in [0.1, 0.15) is 11.9 Å². The van der Waals surface area contributed by atoms with Crippen LogP contribution in [0.15, 0.2) is 24.3 Å². The van der Waals surface area contributed by atoms with Crippen LogP contribution in [0.3, 0.4) is 0 Å². The molecule has 0 bridgehead atoms. The molecule has 0 amide bonds. The largest absolute Gasteiger partial charge is 0.514 e. The molecular formula is C27H42O3. The molecule has 0 saturated heterocycles. The van der Waals surface area contributed by atoms with Gasteiger partial charge in [-0.05, 0) is 86.8 Å². The predicted molar refractivity (Wildman–Crippen MR) is 123 cm³/mol. The summed E-state index contributed by atoms with van der Waals surface area (Å²) in [5, 5.41) is 0. The Morgan fingerprint density at radius 2 is 1.47 bits per heavy atom. The van der Waals surface area contributed by atoms with Gasteiger partial charge in [0.25, 0.3) is 0 Å². The molecule has 168 valence electrons. The van der Waals surface area contributed by atoms with Crippen LogP contribution < -0.4 is 4.74 Å². The second kappa shape index (κ2) is 12.4. The molecule has 0 atom stereocenters. The Bertz CT molecular complexity index is 608. The normalized spacial score (nSPS) is 26.9. The molecule has 0 unspecified atom stereocenters. The lowest BCUT2D eigenvalue weighted by Gasteiger charge is -2.37. The van der Waals surface area contributed by atoms with E-state index in [1.807, 2.05) is 12.1 Å². The van der Waals surface area contributed by atoms with Crippen molar-refractivity contribution in [2.24, 2.45) is 17.8 Å². The smallest absolute Gasteiger partial charge is 0.431 e. The van der Waals surface area contributed by atoms with Gasteiger partial charge in [-0.15, -0.1) is 0 Å². The highest BCUT2D eigenvalue weighted by Gasteiger charge is 2.32. The van der Waals surface area contributed by atoms with Crippen LogP contribution in [-0.2, 0) is 11.2 Å². The van der Waals surface area contributed by atoms with Crippen molar-refractivity contribution >= 4 is 6.16 Å². The third-order valence-corrected chi connectivity index (χ3v) is 7.43. The molecule has 2 aliphatic carbocycles. The van der Waals surface area contributed by atoms with Crippen molar-refractivity contribution in [2.45, 2.75) is 110 Å². The summed E-state index contributed by atoms with van der Waals surface area (Å²) in [7, 11) is 0. The van der Waals surface area contributed by atoms with Gasteiger partial charge in [0.05, 0.1) is 0 Å². The Hall–Kier alpha value is -1.51. The highest BCUT2D eigenvalue weighted by Crippen LogP contribution is 2.41. The van der Waals surface area contributed by atoms with E-state index in [2.05, 4.69) is 26.0 Å². The summed E-state index contributed by atoms with van der Waals surface area (Å²) in [4.78, 5) is 12.2. The molecule has 0 heterocycles. The number of benzene rings is 1. The van der Waals surface area contributed by atoms with E-state index in [9.17, 15) is 4.79 Å². The SMILES string of the molecule is CCCCCc1ccc(OC(=O)O[C@H]2CC[C@H]([C@H]3CC[C@H](CCC)CC3)CC2)cc1. The fourth-order valence-corrected chi connectivity index (χ4v) is 5.59. The number of unbranched alkanes of at least 4 members (excludes halogenated alkanes) is 2. The van der Waals surface area contributed by atoms with Crippen molar-refractivity contribution in [2.75, 3.05) is 0 Å². The van der Waals surface area contributed by atoms with E-state index in [0.29, 0.717) is 5.75 Å². The van der Waals surface area contributed by atoms with Crippen LogP contribution in [0.1, 0.15) is 103 Å². The summed E-state index contributed by atoms with van der Waals surface area (Å²) in [5.41, 5.74) is 1.30. The van der Waals surface area contributed by atoms with E-state index in [4.69, 9.17) is 9.47 Å². The summed E-state index contributed by atoms with van der Waals surface area (Å²) in [6, 6.07) is 7.88. The number of carbonyl (C=O) groups excluding carboxylic acids is 1. The minimum atomic E-state index is -0.544. The number of aryl methyl sites for hydroxylation is 1. The summed E-state index contributed by atoms with van der Waals surface area (Å²) >= 11 is 0. The maximum atomic E-state index is 12.2. The minimum absolute atomic E-state index is 0.0264. The molecule has 0 spiro atoms. The zero-order valence-corrected chi connectivity index (χ0v) is 19.2. The average Bonchev–Trinajstić information content (AvgIpc) is 2.76. The highest BCUT2D eigenvalue weighted by molar-refractivity contribution is 5.64. The molecule has 3 nitrogen and oxygen atoms in total. The lowest BCUT2D eigenvalue weighted by Crippen LogP contribution is -2.30. The zero-order valence-electron chi connectivity index (χ0n) is 19.2. The summed E-state index contributed by atoms with van der Waals surface area (Å²) in [6.45, 7) is 4.52. The number of rotatable bonds is 9. The fraction of sp³-hybridized carbons (Fsp3) is 0.741. The molecule has 0 radical (unpaired) electrons. The molecule has 0 N–H and O–H groups in total. The standard InChI is InChI=1S/C27H42O3/c1-3-5-6-8-22-11-17-25(18-12-22)29-27(28)30-26-19-15-24(16-20-26)23-13-9-21(7-4-2)10-14-23/h11-12,17-18,21,23-24,26H,3-10,13-16,19-20H2,1-2H3/t21-,23-,24-,26-. The Morgan fingerprint density at radius 1 is 0.833 bits per heavy atom. The number of hydrogen-bond donors (Lipinski definition) is 0. The second-order valence-corrected chi connectivity index (χ2v) is 9.68. The summed E-state index contributed by atoms with van der Waals surface area (Å²) < 4.78 is 11.0. The Labute approximate surface area is 183 Å². The lowest BCUT2D eigenvalue weighted by atomic mass is 9.70. The minimum Gasteiger partial charge on any atom is -0.431 e. The molecule has 2 saturated carbocycles. The third-order valence-electron chi connectivity index (χ3n) is 7.43. The first-order chi connectivity index (χ1) is 14.7. The van der Waals surface area contributed by atoms with Crippen LogP contribution in [0.2, 0.25) is 0 Å². The lowest BCUT2D eigenvalue weighted by molar-refractivity contribution is 0.0238. The second-order valence-electron chi connectivity index (χ2n) is 9.68. The van der Waals surface area contributed by atoms with Crippen molar-refractivity contribution in [1.29, 1.82) is 0 Å². The monoisotopic (exact) mass is 414 g/mol. The average molecular weight is 415 g/mol. The quantitative estimate of drug-likeness (QED) is 0.233. The first-order valence-corrected chi connectivity index (χ1v) is 12.6. The van der Waals surface area contributed by atoms with E-state index in [1.54, 1.807) is 0 Å². The van der Waals surface area contributed by atoms with Crippen LogP contribution in [0.4, 0.5) is 4.79 Å². The van der Waals surface area contributed by atoms with E-state index in [1.165, 1.54) is 76.2 Å². The van der Waals surface area contributed by atoms with Crippen LogP contribution in [0.25, 0.3) is 0 Å². The van der Waals surface area contributed by atoms with E-state index >= 15 is 0 Å². The number of ether oxygens (including phenoxy) is 2. The molecular weight excluding hydrogens is 372 g/mol. The number of carbonyl (C=O) groups is 1. The van der Waals surface area contributed by atoms with Crippen LogP contribution >= 0.6 is 0 Å². The van der Waals surface area contributed by atoms with Gasteiger partial charge in [-0.3, -0.25) is 0 Å². The van der Waals surface area contributed by atoms with Gasteiger partial charge in [-0.25, -0.2) is 4.79 Å². The van der Waals surface area contributed by atoms with E-state index < -0.39 is 6.16 Å². The Balaban J connectivity index is 1.34. The van der Waals surface area contributed by atoms with Crippen LogP contribution in [0.5, 0.6) is 5.75 Å². The van der Waals surface area contributed by atoms with Crippen molar-refractivity contribution < 1.29 is 14.3 Å². The predicted octanol–water partition coefficient (Wildman–Crippen LogP) is 8.10. The highest BCUT2D eigenvalue weighted by atomic mass is 16.7. The zero-order chi connectivity index (χ0) is 21.2. The van der Waals surface area contributed by atoms with Gasteiger partial charge in [0.2, 0.25) is 0 Å². The summed E-state index contributed by atoms with van der Waals surface area (Å²) in [5.74, 6) is 3.30. The Morgan fingerprint density at radius 3 is 2.07 bits per heavy atom. The van der Waals surface area contributed by atoms with E-state index in [-0.39, 0.29) is 6.10 Å². The number of hydrogen-bond acceptors (Lipinski definition) is 3.